The van der Waals surface area contributed by atoms with Crippen molar-refractivity contribution in [2.45, 2.75) is 12.1 Å². The summed E-state index contributed by atoms with van der Waals surface area (Å²) in [5.41, 5.74) is 1.20. The van der Waals surface area contributed by atoms with Crippen LogP contribution in [0.15, 0.2) is 36.5 Å². The van der Waals surface area contributed by atoms with Gasteiger partial charge in [0.15, 0.2) is 0 Å². The fraction of sp³-hybridized carbons (Fsp3) is 0.267. The average Bonchev–Trinajstić information content (AvgIpc) is 3.06. The van der Waals surface area contributed by atoms with E-state index in [4.69, 9.17) is 10.1 Å². The van der Waals surface area contributed by atoms with Gasteiger partial charge in [-0.2, -0.15) is 11.8 Å². The normalized spacial score (nSPS) is 24.2. The molecule has 2 aliphatic rings. The van der Waals surface area contributed by atoms with E-state index in [0.29, 0.717) is 11.1 Å². The van der Waals surface area contributed by atoms with Gasteiger partial charge in [-0.05, 0) is 12.1 Å². The van der Waals surface area contributed by atoms with E-state index in [1.165, 1.54) is 4.90 Å². The molecule has 0 bridgehead atoms. The second kappa shape index (κ2) is 4.73. The zero-order valence-electron chi connectivity index (χ0n) is 11.2. The van der Waals surface area contributed by atoms with Gasteiger partial charge in [-0.3, -0.25) is 20.1 Å². The summed E-state index contributed by atoms with van der Waals surface area (Å²) in [6.07, 6.45) is 1.63. The number of pyridine rings is 1. The van der Waals surface area contributed by atoms with Gasteiger partial charge in [-0.1, -0.05) is 18.2 Å². The van der Waals surface area contributed by atoms with E-state index in [-0.39, 0.29) is 24.1 Å². The first-order valence-electron chi connectivity index (χ1n) is 6.76. The number of carbonyl (C=O) groups is 1. The first kappa shape index (κ1) is 12.6. The summed E-state index contributed by atoms with van der Waals surface area (Å²) >= 11 is 1.76. The Kier molecular flexibility index (Phi) is 2.85. The van der Waals surface area contributed by atoms with Crippen molar-refractivity contribution in [3.8, 4) is 0 Å². The summed E-state index contributed by atoms with van der Waals surface area (Å²) in [5.74, 6) is 1.46. The molecule has 0 radical (unpaired) electrons. The molecule has 2 fully saturated rings. The monoisotopic (exact) mass is 299 g/mol. The minimum absolute atomic E-state index is 0.0334. The number of fused-ring (bicyclic) bond motifs is 2. The van der Waals surface area contributed by atoms with E-state index in [1.54, 1.807) is 24.0 Å². The van der Waals surface area contributed by atoms with Gasteiger partial charge in [-0.25, -0.2) is 0 Å². The van der Waals surface area contributed by atoms with Crippen LogP contribution in [0.1, 0.15) is 10.4 Å². The largest absolute Gasteiger partial charge is 0.459 e. The Morgan fingerprint density at radius 1 is 1.33 bits per heavy atom. The Morgan fingerprint density at radius 3 is 3.10 bits per heavy atom. The lowest BCUT2D eigenvalue weighted by atomic mass is 10.1. The van der Waals surface area contributed by atoms with Gasteiger partial charge < -0.3 is 4.74 Å². The summed E-state index contributed by atoms with van der Waals surface area (Å²) < 4.78 is 5.50. The summed E-state index contributed by atoms with van der Waals surface area (Å²) in [6.45, 7) is 0. The maximum absolute atomic E-state index is 12.9. The zero-order valence-corrected chi connectivity index (χ0v) is 12.0. The van der Waals surface area contributed by atoms with Gasteiger partial charge in [0.25, 0.3) is 11.9 Å². The van der Waals surface area contributed by atoms with Gasteiger partial charge >= 0.3 is 0 Å². The molecule has 1 amide bonds. The van der Waals surface area contributed by atoms with Crippen LogP contribution in [0.4, 0.5) is 0 Å². The number of para-hydroxylation sites is 1. The highest BCUT2D eigenvalue weighted by molar-refractivity contribution is 7.99. The number of nitrogens with zero attached hydrogens (tertiary/aromatic N) is 2. The maximum Gasteiger partial charge on any atom is 0.292 e. The van der Waals surface area contributed by atoms with Crippen LogP contribution < -0.4 is 0 Å². The minimum Gasteiger partial charge on any atom is -0.459 e. The number of benzene rings is 1. The standard InChI is InChI=1S/C15H13N3O2S/c16-15-18(11-7-21-8-12(11)20-15)14(19)10-5-1-3-9-4-2-6-17-13(9)10/h1-6,11-12,16H,7-8H2/t11-,12-/m1/s1. The van der Waals surface area contributed by atoms with Crippen LogP contribution in [0.3, 0.4) is 0 Å². The molecular weight excluding hydrogens is 286 g/mol. The maximum atomic E-state index is 12.9. The van der Waals surface area contributed by atoms with Crippen molar-refractivity contribution in [3.63, 3.8) is 0 Å². The Bertz CT molecular complexity index is 743. The number of rotatable bonds is 1. The molecule has 2 saturated heterocycles. The van der Waals surface area contributed by atoms with E-state index in [2.05, 4.69) is 4.98 Å². The van der Waals surface area contributed by atoms with Crippen molar-refractivity contribution in [1.82, 2.24) is 9.88 Å². The molecule has 0 unspecified atom stereocenters. The molecule has 4 rings (SSSR count). The van der Waals surface area contributed by atoms with E-state index in [1.807, 2.05) is 24.3 Å². The summed E-state index contributed by atoms with van der Waals surface area (Å²) in [7, 11) is 0. The molecule has 2 atom stereocenters. The van der Waals surface area contributed by atoms with Crippen LogP contribution in [0.25, 0.3) is 10.9 Å². The fourth-order valence-electron chi connectivity index (χ4n) is 2.88. The Morgan fingerprint density at radius 2 is 2.19 bits per heavy atom. The van der Waals surface area contributed by atoms with Crippen molar-refractivity contribution in [3.05, 3.63) is 42.1 Å². The lowest BCUT2D eigenvalue weighted by Crippen LogP contribution is -2.41. The molecular formula is C15H13N3O2S. The molecule has 2 aromatic rings. The average molecular weight is 299 g/mol. The number of aromatic nitrogens is 1. The molecule has 0 aliphatic carbocycles. The second-order valence-electron chi connectivity index (χ2n) is 5.12. The Labute approximate surface area is 125 Å². The van der Waals surface area contributed by atoms with E-state index in [9.17, 15) is 4.79 Å². The Balaban J connectivity index is 1.78. The number of amides is 1. The fourth-order valence-corrected chi connectivity index (χ4v) is 4.14. The van der Waals surface area contributed by atoms with E-state index in [0.717, 1.165) is 16.9 Å². The Hall–Kier alpha value is -2.08. The van der Waals surface area contributed by atoms with Crippen molar-refractivity contribution in [2.75, 3.05) is 11.5 Å². The molecule has 6 heteroatoms. The van der Waals surface area contributed by atoms with Gasteiger partial charge in [0.2, 0.25) is 0 Å². The van der Waals surface area contributed by atoms with E-state index >= 15 is 0 Å². The molecule has 21 heavy (non-hydrogen) atoms. The number of carbonyl (C=O) groups excluding carboxylic acids is 1. The number of hydrogen-bond donors (Lipinski definition) is 1. The number of nitrogens with one attached hydrogen (secondary N) is 1. The molecule has 5 nitrogen and oxygen atoms in total. The quantitative estimate of drug-likeness (QED) is 0.876. The third-order valence-corrected chi connectivity index (χ3v) is 5.04. The van der Waals surface area contributed by atoms with Crippen LogP contribution in [-0.4, -0.2) is 45.5 Å². The van der Waals surface area contributed by atoms with Crippen molar-refractivity contribution in [1.29, 1.82) is 5.41 Å². The smallest absolute Gasteiger partial charge is 0.292 e. The molecule has 106 valence electrons. The van der Waals surface area contributed by atoms with Gasteiger partial charge in [0.05, 0.1) is 17.1 Å². The molecule has 0 saturated carbocycles. The number of thioether (sulfide) groups is 1. The van der Waals surface area contributed by atoms with Crippen LogP contribution in [0.2, 0.25) is 0 Å². The molecule has 1 N–H and O–H groups in total. The molecule has 0 spiro atoms. The summed E-state index contributed by atoms with van der Waals surface area (Å²) in [4.78, 5) is 18.7. The van der Waals surface area contributed by atoms with Gasteiger partial charge in [-0.15, -0.1) is 0 Å². The first-order valence-corrected chi connectivity index (χ1v) is 7.91. The highest BCUT2D eigenvalue weighted by Gasteiger charge is 2.46. The number of amidine groups is 1. The third kappa shape index (κ3) is 1.90. The van der Waals surface area contributed by atoms with Crippen LogP contribution >= 0.6 is 11.8 Å². The predicted molar refractivity (Wildman–Crippen MR) is 81.6 cm³/mol. The molecule has 2 aliphatic heterocycles. The highest BCUT2D eigenvalue weighted by Crippen LogP contribution is 2.33. The summed E-state index contributed by atoms with van der Waals surface area (Å²) in [5, 5.41) is 8.87. The minimum atomic E-state index is -0.195. The first-order chi connectivity index (χ1) is 10.3. The highest BCUT2D eigenvalue weighted by atomic mass is 32.2. The molecule has 1 aromatic heterocycles. The lowest BCUT2D eigenvalue weighted by Gasteiger charge is -2.19. The van der Waals surface area contributed by atoms with Crippen LogP contribution in [0, 0.1) is 5.41 Å². The van der Waals surface area contributed by atoms with Crippen molar-refractivity contribution >= 4 is 34.6 Å². The van der Waals surface area contributed by atoms with Crippen LogP contribution in [-0.2, 0) is 4.74 Å². The van der Waals surface area contributed by atoms with Crippen molar-refractivity contribution in [2.24, 2.45) is 0 Å². The number of hydrogen-bond acceptors (Lipinski definition) is 5. The van der Waals surface area contributed by atoms with Gasteiger partial charge in [0.1, 0.15) is 6.10 Å². The topological polar surface area (TPSA) is 66.3 Å². The van der Waals surface area contributed by atoms with E-state index < -0.39 is 0 Å². The van der Waals surface area contributed by atoms with Gasteiger partial charge in [0, 0.05) is 23.1 Å². The van der Waals surface area contributed by atoms with Crippen molar-refractivity contribution < 1.29 is 9.53 Å². The predicted octanol–water partition coefficient (Wildman–Crippen LogP) is 2.13. The lowest BCUT2D eigenvalue weighted by molar-refractivity contribution is 0.0825. The second-order valence-corrected chi connectivity index (χ2v) is 6.20. The SMILES string of the molecule is N=C1O[C@@H]2CSC[C@H]2N1C(=O)c1cccc2cccnc12. The third-order valence-electron chi connectivity index (χ3n) is 3.90. The molecule has 1 aromatic carbocycles. The number of ether oxygens (including phenoxy) is 1. The molecule has 3 heterocycles. The van der Waals surface area contributed by atoms with Crippen LogP contribution in [0.5, 0.6) is 0 Å². The zero-order chi connectivity index (χ0) is 14.4. The summed E-state index contributed by atoms with van der Waals surface area (Å²) in [6, 6.07) is 9.25.